The number of rotatable bonds is 8. The lowest BCUT2D eigenvalue weighted by atomic mass is 10.2. The molecule has 0 amide bonds. The molecule has 148 valence electrons. The summed E-state index contributed by atoms with van der Waals surface area (Å²) < 4.78 is 13.2. The van der Waals surface area contributed by atoms with E-state index in [4.69, 9.17) is 9.47 Å². The van der Waals surface area contributed by atoms with Crippen molar-refractivity contribution in [2.75, 3.05) is 13.2 Å². The van der Waals surface area contributed by atoms with Gasteiger partial charge in [-0.2, -0.15) is 0 Å². The zero-order valence-electron chi connectivity index (χ0n) is 16.6. The predicted octanol–water partition coefficient (Wildman–Crippen LogP) is 5.83. The zero-order valence-corrected chi connectivity index (χ0v) is 16.6. The highest BCUT2D eigenvalue weighted by Gasteiger charge is 2.09. The van der Waals surface area contributed by atoms with E-state index in [1.165, 1.54) is 21.8 Å². The molecule has 0 fully saturated rings. The molecule has 0 bridgehead atoms. The van der Waals surface area contributed by atoms with Gasteiger partial charge in [-0.15, -0.1) is 0 Å². The van der Waals surface area contributed by atoms with E-state index in [0.29, 0.717) is 18.8 Å². The van der Waals surface area contributed by atoms with Gasteiger partial charge in [-0.05, 0) is 56.2 Å². The number of para-hydroxylation sites is 2. The highest BCUT2D eigenvalue weighted by atomic mass is 16.5. The summed E-state index contributed by atoms with van der Waals surface area (Å²) in [6, 6.07) is 24.3. The molecule has 0 aliphatic rings. The van der Waals surface area contributed by atoms with Crippen molar-refractivity contribution in [1.82, 2.24) is 4.57 Å². The summed E-state index contributed by atoms with van der Waals surface area (Å²) in [6.07, 6.45) is 1.99. The van der Waals surface area contributed by atoms with Gasteiger partial charge in [0, 0.05) is 28.4 Å². The maximum absolute atomic E-state index is 11.7. The van der Waals surface area contributed by atoms with Crippen molar-refractivity contribution in [3.8, 4) is 5.75 Å². The van der Waals surface area contributed by atoms with Crippen molar-refractivity contribution < 1.29 is 14.3 Å². The molecule has 3 aromatic carbocycles. The number of hydrogen-bond donors (Lipinski definition) is 0. The van der Waals surface area contributed by atoms with Crippen LogP contribution in [0.2, 0.25) is 0 Å². The number of nitrogens with zero attached hydrogens (tertiary/aromatic N) is 1. The van der Waals surface area contributed by atoms with Gasteiger partial charge in [0.05, 0.1) is 18.8 Å². The SMILES string of the molecule is CCOC(=O)c1ccc(OCCCCn2c3ccccc3c3ccccc32)cc1. The van der Waals surface area contributed by atoms with Crippen LogP contribution in [0.1, 0.15) is 30.1 Å². The van der Waals surface area contributed by atoms with Gasteiger partial charge >= 0.3 is 5.97 Å². The van der Waals surface area contributed by atoms with Crippen LogP contribution < -0.4 is 4.74 Å². The van der Waals surface area contributed by atoms with Gasteiger partial charge in [0.15, 0.2) is 0 Å². The van der Waals surface area contributed by atoms with Crippen molar-refractivity contribution in [3.63, 3.8) is 0 Å². The number of aryl methyl sites for hydroxylation is 1. The normalized spacial score (nSPS) is 11.1. The second-order valence-electron chi connectivity index (χ2n) is 6.99. The lowest BCUT2D eigenvalue weighted by molar-refractivity contribution is 0.0526. The first kappa shape index (κ1) is 19.1. The molecule has 29 heavy (non-hydrogen) atoms. The minimum absolute atomic E-state index is 0.301. The maximum Gasteiger partial charge on any atom is 0.338 e. The molecule has 0 spiro atoms. The minimum Gasteiger partial charge on any atom is -0.494 e. The van der Waals surface area contributed by atoms with Gasteiger partial charge in [0.25, 0.3) is 0 Å². The van der Waals surface area contributed by atoms with Crippen LogP contribution in [0.5, 0.6) is 5.75 Å². The predicted molar refractivity (Wildman–Crippen MR) is 117 cm³/mol. The molecule has 0 saturated heterocycles. The molecule has 4 rings (SSSR count). The van der Waals surface area contributed by atoms with E-state index in [1.807, 2.05) is 12.1 Å². The number of carbonyl (C=O) groups excluding carboxylic acids is 1. The topological polar surface area (TPSA) is 40.5 Å². The lowest BCUT2D eigenvalue weighted by Gasteiger charge is -2.09. The van der Waals surface area contributed by atoms with Crippen LogP contribution in [0.3, 0.4) is 0 Å². The highest BCUT2D eigenvalue weighted by molar-refractivity contribution is 6.07. The van der Waals surface area contributed by atoms with E-state index in [2.05, 4.69) is 53.1 Å². The average Bonchev–Trinajstić information content (AvgIpc) is 3.08. The molecule has 4 heteroatoms. The van der Waals surface area contributed by atoms with Crippen molar-refractivity contribution in [2.24, 2.45) is 0 Å². The van der Waals surface area contributed by atoms with Gasteiger partial charge < -0.3 is 14.0 Å². The third-order valence-corrected chi connectivity index (χ3v) is 5.09. The summed E-state index contributed by atoms with van der Waals surface area (Å²) in [5.41, 5.74) is 3.11. The largest absolute Gasteiger partial charge is 0.494 e. The molecule has 0 atom stereocenters. The van der Waals surface area contributed by atoms with Gasteiger partial charge in [-0.25, -0.2) is 4.79 Å². The lowest BCUT2D eigenvalue weighted by Crippen LogP contribution is -2.05. The fourth-order valence-electron chi connectivity index (χ4n) is 3.71. The van der Waals surface area contributed by atoms with Crippen LogP contribution >= 0.6 is 0 Å². The van der Waals surface area contributed by atoms with Gasteiger partial charge in [-0.1, -0.05) is 36.4 Å². The number of aromatic nitrogens is 1. The molecule has 0 aliphatic carbocycles. The van der Waals surface area contributed by atoms with E-state index in [1.54, 1.807) is 19.1 Å². The summed E-state index contributed by atoms with van der Waals surface area (Å²) in [5, 5.41) is 2.61. The van der Waals surface area contributed by atoms with Crippen molar-refractivity contribution in [2.45, 2.75) is 26.3 Å². The Bertz CT molecular complexity index is 1060. The zero-order chi connectivity index (χ0) is 20.1. The molecule has 0 unspecified atom stereocenters. The van der Waals surface area contributed by atoms with Crippen LogP contribution in [0.25, 0.3) is 21.8 Å². The smallest absolute Gasteiger partial charge is 0.338 e. The molecule has 1 aromatic heterocycles. The molecule has 0 saturated carbocycles. The van der Waals surface area contributed by atoms with Gasteiger partial charge in [0.1, 0.15) is 5.75 Å². The van der Waals surface area contributed by atoms with Crippen LogP contribution in [0, 0.1) is 0 Å². The average molecular weight is 387 g/mol. The van der Waals surface area contributed by atoms with E-state index in [9.17, 15) is 4.79 Å². The minimum atomic E-state index is -0.301. The van der Waals surface area contributed by atoms with Crippen molar-refractivity contribution in [1.29, 1.82) is 0 Å². The Balaban J connectivity index is 1.34. The summed E-state index contributed by atoms with van der Waals surface area (Å²) in [5.74, 6) is 0.472. The summed E-state index contributed by atoms with van der Waals surface area (Å²) in [6.45, 7) is 3.78. The summed E-state index contributed by atoms with van der Waals surface area (Å²) >= 11 is 0. The summed E-state index contributed by atoms with van der Waals surface area (Å²) in [7, 11) is 0. The second-order valence-corrected chi connectivity index (χ2v) is 6.99. The number of hydrogen-bond acceptors (Lipinski definition) is 3. The molecule has 4 nitrogen and oxygen atoms in total. The van der Waals surface area contributed by atoms with Crippen molar-refractivity contribution in [3.05, 3.63) is 78.4 Å². The van der Waals surface area contributed by atoms with E-state index in [-0.39, 0.29) is 5.97 Å². The number of unbranched alkanes of at least 4 members (excludes halogenated alkanes) is 1. The highest BCUT2D eigenvalue weighted by Crippen LogP contribution is 2.29. The van der Waals surface area contributed by atoms with Crippen LogP contribution in [-0.4, -0.2) is 23.8 Å². The number of benzene rings is 3. The first-order chi connectivity index (χ1) is 14.3. The Morgan fingerprint density at radius 2 is 1.45 bits per heavy atom. The Kier molecular flexibility index (Phi) is 5.80. The quantitative estimate of drug-likeness (QED) is 0.282. The fourth-order valence-corrected chi connectivity index (χ4v) is 3.71. The molecular weight excluding hydrogens is 362 g/mol. The van der Waals surface area contributed by atoms with Gasteiger partial charge in [0.2, 0.25) is 0 Å². The Labute approximate surface area is 170 Å². The standard InChI is InChI=1S/C25H25NO3/c1-2-28-25(27)19-13-15-20(16-14-19)29-18-8-7-17-26-23-11-5-3-9-21(23)22-10-4-6-12-24(22)26/h3-6,9-16H,2,7-8,17-18H2,1H3. The molecule has 0 aliphatic heterocycles. The Hall–Kier alpha value is -3.27. The van der Waals surface area contributed by atoms with E-state index >= 15 is 0 Å². The maximum atomic E-state index is 11.7. The second kappa shape index (κ2) is 8.82. The fraction of sp³-hybridized carbons (Fsp3) is 0.240. The molecule has 0 radical (unpaired) electrons. The monoisotopic (exact) mass is 387 g/mol. The molecular formula is C25H25NO3. The molecule has 1 heterocycles. The van der Waals surface area contributed by atoms with Crippen LogP contribution in [-0.2, 0) is 11.3 Å². The Morgan fingerprint density at radius 3 is 2.07 bits per heavy atom. The summed E-state index contributed by atoms with van der Waals surface area (Å²) in [4.78, 5) is 11.7. The number of esters is 1. The third-order valence-electron chi connectivity index (χ3n) is 5.09. The van der Waals surface area contributed by atoms with Crippen molar-refractivity contribution >= 4 is 27.8 Å². The molecule has 0 N–H and O–H groups in total. The first-order valence-corrected chi connectivity index (χ1v) is 10.1. The van der Waals surface area contributed by atoms with Crippen LogP contribution in [0.15, 0.2) is 72.8 Å². The number of ether oxygens (including phenoxy) is 2. The van der Waals surface area contributed by atoms with Gasteiger partial charge in [-0.3, -0.25) is 0 Å². The Morgan fingerprint density at radius 1 is 0.828 bits per heavy atom. The molecule has 4 aromatic rings. The van der Waals surface area contributed by atoms with E-state index < -0.39 is 0 Å². The van der Waals surface area contributed by atoms with Crippen LogP contribution in [0.4, 0.5) is 0 Å². The number of carbonyl (C=O) groups is 1. The third kappa shape index (κ3) is 4.11. The number of fused-ring (bicyclic) bond motifs is 3. The first-order valence-electron chi connectivity index (χ1n) is 10.1. The van der Waals surface area contributed by atoms with E-state index in [0.717, 1.165) is 25.1 Å².